The zero-order chi connectivity index (χ0) is 21.8. The Morgan fingerprint density at radius 3 is 2.47 bits per heavy atom. The van der Waals surface area contributed by atoms with E-state index in [-0.39, 0.29) is 6.10 Å². The minimum absolute atomic E-state index is 0.0694. The Labute approximate surface area is 186 Å². The van der Waals surface area contributed by atoms with Gasteiger partial charge in [0, 0.05) is 0 Å². The average molecular weight is 413 g/mol. The minimum Gasteiger partial charge on any atom is -0.393 e. The van der Waals surface area contributed by atoms with Gasteiger partial charge in [-0.2, -0.15) is 0 Å². The second-order valence-corrected chi connectivity index (χ2v) is 12.6. The molecule has 0 spiro atoms. The zero-order valence-electron chi connectivity index (χ0n) is 21.0. The molecule has 1 N–H and O–H groups in total. The highest BCUT2D eigenvalue weighted by atomic mass is 16.3. The van der Waals surface area contributed by atoms with Crippen molar-refractivity contribution in [2.75, 3.05) is 0 Å². The van der Waals surface area contributed by atoms with Gasteiger partial charge in [-0.3, -0.25) is 0 Å². The highest BCUT2D eigenvalue weighted by Crippen LogP contribution is 2.66. The molecular weight excluding hydrogens is 364 g/mol. The van der Waals surface area contributed by atoms with E-state index >= 15 is 0 Å². The lowest BCUT2D eigenvalue weighted by atomic mass is 9.49. The Kier molecular flexibility index (Phi) is 6.10. The molecular formula is C29H48O. The molecule has 2 saturated carbocycles. The molecule has 1 nitrogen and oxygen atoms in total. The van der Waals surface area contributed by atoms with Gasteiger partial charge < -0.3 is 5.11 Å². The van der Waals surface area contributed by atoms with Gasteiger partial charge >= 0.3 is 0 Å². The smallest absolute Gasteiger partial charge is 0.0569 e. The third kappa shape index (κ3) is 3.46. The normalized spacial score (nSPS) is 44.2. The van der Waals surface area contributed by atoms with E-state index in [4.69, 9.17) is 0 Å². The fourth-order valence-corrected chi connectivity index (χ4v) is 8.78. The Morgan fingerprint density at radius 2 is 1.77 bits per heavy atom. The fourth-order valence-electron chi connectivity index (χ4n) is 8.78. The molecule has 0 saturated heterocycles. The van der Waals surface area contributed by atoms with Gasteiger partial charge in [0.05, 0.1) is 6.10 Å². The molecule has 4 aliphatic rings. The zero-order valence-corrected chi connectivity index (χ0v) is 21.0. The van der Waals surface area contributed by atoms with Gasteiger partial charge in [0.25, 0.3) is 0 Å². The molecule has 30 heavy (non-hydrogen) atoms. The average Bonchev–Trinajstić information content (AvgIpc) is 3.06. The monoisotopic (exact) mass is 412 g/mol. The summed E-state index contributed by atoms with van der Waals surface area (Å²) in [6, 6.07) is 0. The lowest BCUT2D eigenvalue weighted by Gasteiger charge is -2.56. The summed E-state index contributed by atoms with van der Waals surface area (Å²) < 4.78 is 0. The van der Waals surface area contributed by atoms with Crippen LogP contribution in [0.25, 0.3) is 0 Å². The predicted octanol–water partition coefficient (Wildman–Crippen LogP) is 8.09. The molecule has 0 aromatic rings. The first-order chi connectivity index (χ1) is 14.1. The standard InChI is InChI=1S/C29H48O/c1-18(2)19(3)8-9-20(4)23-12-13-25-22-10-11-24-21(5)27(30)15-17-29(24,7)26(22)14-16-28(23,25)6/h20-21,23-25,27,30H,8-17H2,1-7H3/t20-,21+,23-,24+,25+,27+,28-,29+/m1/s1. The molecule has 0 aromatic heterocycles. The van der Waals surface area contributed by atoms with Crippen LogP contribution in [0.1, 0.15) is 113 Å². The molecule has 4 aliphatic carbocycles. The number of rotatable bonds is 4. The quantitative estimate of drug-likeness (QED) is 0.462. The molecule has 0 amide bonds. The van der Waals surface area contributed by atoms with E-state index in [1.807, 2.05) is 11.1 Å². The largest absolute Gasteiger partial charge is 0.393 e. The SMILES string of the molecule is CC(C)=C(C)CC[C@@H](C)[C@H]1CC[C@H]2C3=C(CC[C@]12C)[C@@]1(C)CC[C@H](O)[C@@H](C)[C@@H]1CC3. The molecule has 0 bridgehead atoms. The first-order valence-corrected chi connectivity index (χ1v) is 13.1. The van der Waals surface area contributed by atoms with Crippen LogP contribution < -0.4 is 0 Å². The topological polar surface area (TPSA) is 20.2 Å². The Bertz CT molecular complexity index is 725. The van der Waals surface area contributed by atoms with Crippen molar-refractivity contribution in [2.45, 2.75) is 119 Å². The van der Waals surface area contributed by atoms with Crippen LogP contribution >= 0.6 is 0 Å². The number of fused-ring (bicyclic) bond motifs is 4. The second-order valence-electron chi connectivity index (χ2n) is 12.6. The van der Waals surface area contributed by atoms with E-state index in [0.29, 0.717) is 22.7 Å². The predicted molar refractivity (Wildman–Crippen MR) is 128 cm³/mol. The third-order valence-electron chi connectivity index (χ3n) is 11.1. The molecule has 4 rings (SSSR count). The third-order valence-corrected chi connectivity index (χ3v) is 11.1. The summed E-state index contributed by atoms with van der Waals surface area (Å²) in [5, 5.41) is 10.5. The Morgan fingerprint density at radius 1 is 1.03 bits per heavy atom. The van der Waals surface area contributed by atoms with Crippen LogP contribution in [-0.4, -0.2) is 11.2 Å². The molecule has 0 unspecified atom stereocenters. The molecule has 8 atom stereocenters. The lowest BCUT2D eigenvalue weighted by Crippen LogP contribution is -2.49. The summed E-state index contributed by atoms with van der Waals surface area (Å²) in [6.45, 7) is 17.0. The highest BCUT2D eigenvalue weighted by Gasteiger charge is 2.56. The van der Waals surface area contributed by atoms with Crippen molar-refractivity contribution in [2.24, 2.45) is 40.4 Å². The van der Waals surface area contributed by atoms with Crippen LogP contribution in [0.5, 0.6) is 0 Å². The molecule has 0 aromatic carbocycles. The molecule has 1 heteroatoms. The van der Waals surface area contributed by atoms with Crippen molar-refractivity contribution >= 4 is 0 Å². The summed E-state index contributed by atoms with van der Waals surface area (Å²) in [7, 11) is 0. The van der Waals surface area contributed by atoms with Crippen LogP contribution in [0.4, 0.5) is 0 Å². The highest BCUT2D eigenvalue weighted by molar-refractivity contribution is 5.34. The maximum absolute atomic E-state index is 10.5. The van der Waals surface area contributed by atoms with Gasteiger partial charge in [-0.15, -0.1) is 0 Å². The molecule has 0 heterocycles. The summed E-state index contributed by atoms with van der Waals surface area (Å²) in [4.78, 5) is 0. The van der Waals surface area contributed by atoms with Gasteiger partial charge in [-0.05, 0) is 125 Å². The molecule has 0 aliphatic heterocycles. The number of aliphatic hydroxyl groups is 1. The Hall–Kier alpha value is -0.560. The van der Waals surface area contributed by atoms with Gasteiger partial charge in [-0.1, -0.05) is 50.0 Å². The van der Waals surface area contributed by atoms with E-state index in [1.165, 1.54) is 63.4 Å². The summed E-state index contributed by atoms with van der Waals surface area (Å²) in [5.74, 6) is 3.76. The molecule has 2 fully saturated rings. The number of hydrogen-bond acceptors (Lipinski definition) is 1. The van der Waals surface area contributed by atoms with Crippen LogP contribution in [0.3, 0.4) is 0 Å². The summed E-state index contributed by atoms with van der Waals surface area (Å²) >= 11 is 0. The van der Waals surface area contributed by atoms with Crippen molar-refractivity contribution in [3.8, 4) is 0 Å². The summed E-state index contributed by atoms with van der Waals surface area (Å²) in [6.07, 6.45) is 13.1. The molecule has 170 valence electrons. The van der Waals surface area contributed by atoms with Gasteiger partial charge in [0.1, 0.15) is 0 Å². The lowest BCUT2D eigenvalue weighted by molar-refractivity contribution is -0.0336. The van der Waals surface area contributed by atoms with Crippen molar-refractivity contribution in [3.63, 3.8) is 0 Å². The summed E-state index contributed by atoms with van der Waals surface area (Å²) in [5.41, 5.74) is 7.80. The van der Waals surface area contributed by atoms with E-state index in [0.717, 1.165) is 24.2 Å². The van der Waals surface area contributed by atoms with Gasteiger partial charge in [0.2, 0.25) is 0 Å². The molecule has 0 radical (unpaired) electrons. The van der Waals surface area contributed by atoms with E-state index < -0.39 is 0 Å². The van der Waals surface area contributed by atoms with Crippen molar-refractivity contribution in [1.82, 2.24) is 0 Å². The Balaban J connectivity index is 1.56. The van der Waals surface area contributed by atoms with Crippen molar-refractivity contribution in [3.05, 3.63) is 22.3 Å². The van der Waals surface area contributed by atoms with Crippen LogP contribution in [0, 0.1) is 40.4 Å². The van der Waals surface area contributed by atoms with Gasteiger partial charge in [0.15, 0.2) is 0 Å². The fraction of sp³-hybridized carbons (Fsp3) is 0.862. The van der Waals surface area contributed by atoms with Crippen LogP contribution in [-0.2, 0) is 0 Å². The van der Waals surface area contributed by atoms with Crippen LogP contribution in [0.15, 0.2) is 22.3 Å². The first-order valence-electron chi connectivity index (χ1n) is 13.1. The van der Waals surface area contributed by atoms with Crippen molar-refractivity contribution in [1.29, 1.82) is 0 Å². The van der Waals surface area contributed by atoms with Gasteiger partial charge in [-0.25, -0.2) is 0 Å². The number of hydrogen-bond donors (Lipinski definition) is 1. The maximum Gasteiger partial charge on any atom is 0.0569 e. The van der Waals surface area contributed by atoms with E-state index in [1.54, 1.807) is 5.57 Å². The van der Waals surface area contributed by atoms with E-state index in [9.17, 15) is 5.11 Å². The van der Waals surface area contributed by atoms with E-state index in [2.05, 4.69) is 48.5 Å². The van der Waals surface area contributed by atoms with Crippen molar-refractivity contribution < 1.29 is 5.11 Å². The second kappa shape index (κ2) is 8.09. The number of allylic oxidation sites excluding steroid dienone is 4. The number of aliphatic hydroxyl groups excluding tert-OH is 1. The maximum atomic E-state index is 10.5. The first kappa shape index (κ1) is 22.6. The van der Waals surface area contributed by atoms with Crippen LogP contribution in [0.2, 0.25) is 0 Å². The minimum atomic E-state index is -0.0694.